The highest BCUT2D eigenvalue weighted by Crippen LogP contribution is 2.26. The highest BCUT2D eigenvalue weighted by Gasteiger charge is 2.20. The van der Waals surface area contributed by atoms with Gasteiger partial charge in [0.2, 0.25) is 0 Å². The van der Waals surface area contributed by atoms with Crippen LogP contribution in [0.3, 0.4) is 0 Å². The topological polar surface area (TPSA) is 86.1 Å². The van der Waals surface area contributed by atoms with Crippen LogP contribution < -0.4 is 10.6 Å². The Kier molecular flexibility index (Phi) is 6.08. The van der Waals surface area contributed by atoms with Gasteiger partial charge in [-0.25, -0.2) is 4.21 Å². The largest absolute Gasteiger partial charge is 0.505 e. The lowest BCUT2D eigenvalue weighted by Crippen LogP contribution is -2.35. The van der Waals surface area contributed by atoms with Gasteiger partial charge in [0.25, 0.3) is 11.2 Å². The van der Waals surface area contributed by atoms with Crippen molar-refractivity contribution in [2.45, 2.75) is 13.8 Å². The fourth-order valence-electron chi connectivity index (χ4n) is 1.95. The monoisotopic (exact) mass is 344 g/mol. The van der Waals surface area contributed by atoms with Crippen LogP contribution in [-0.4, -0.2) is 27.5 Å². The molecule has 0 bridgehead atoms. The number of aromatic hydroxyl groups is 1. The quantitative estimate of drug-likeness (QED) is 0.566. The standard InChI is InChI=1S/C17H20N4O2S/c1-4-6-9-13(5-2)11-18-16-17(21-24(23)20-16)19-14-10-7-8-12(3)15(14)22/h4-10,22H,2,11H2,1,3H3,(H,18,20)(H,19,21)/b6-4-,13-9+. The van der Waals surface area contributed by atoms with E-state index in [9.17, 15) is 9.32 Å². The molecular weight excluding hydrogens is 324 g/mol. The molecule has 1 atom stereocenters. The first-order valence-electron chi connectivity index (χ1n) is 7.38. The zero-order valence-corrected chi connectivity index (χ0v) is 14.4. The number of hydrogen-bond acceptors (Lipinski definition) is 4. The van der Waals surface area contributed by atoms with E-state index < -0.39 is 11.2 Å². The van der Waals surface area contributed by atoms with E-state index >= 15 is 0 Å². The molecular formula is C17H20N4O2S. The molecule has 6 nitrogen and oxygen atoms in total. The van der Waals surface area contributed by atoms with Crippen LogP contribution in [0.25, 0.3) is 0 Å². The molecule has 0 amide bonds. The number of aryl methyl sites for hydroxylation is 1. The Balaban J connectivity index is 2.12. The van der Waals surface area contributed by atoms with E-state index in [0.717, 1.165) is 11.1 Å². The fraction of sp³-hybridized carbons (Fsp3) is 0.176. The Hall–Kier alpha value is -2.67. The van der Waals surface area contributed by atoms with E-state index in [1.54, 1.807) is 25.1 Å². The van der Waals surface area contributed by atoms with Gasteiger partial charge in [0, 0.05) is 6.54 Å². The summed E-state index contributed by atoms with van der Waals surface area (Å²) in [5.41, 5.74) is 2.16. The zero-order valence-electron chi connectivity index (χ0n) is 13.6. The van der Waals surface area contributed by atoms with Gasteiger partial charge < -0.3 is 15.7 Å². The normalized spacial score (nSPS) is 17.6. The van der Waals surface area contributed by atoms with E-state index in [1.165, 1.54) is 0 Å². The van der Waals surface area contributed by atoms with Crippen molar-refractivity contribution in [2.24, 2.45) is 8.80 Å². The number of amidine groups is 2. The van der Waals surface area contributed by atoms with Crippen LogP contribution in [0, 0.1) is 6.92 Å². The van der Waals surface area contributed by atoms with Gasteiger partial charge in [-0.05, 0) is 31.1 Å². The summed E-state index contributed by atoms with van der Waals surface area (Å²) in [7, 11) is 0. The average molecular weight is 344 g/mol. The van der Waals surface area contributed by atoms with E-state index in [4.69, 9.17) is 0 Å². The molecule has 1 aliphatic rings. The van der Waals surface area contributed by atoms with Crippen molar-refractivity contribution in [3.63, 3.8) is 0 Å². The minimum Gasteiger partial charge on any atom is -0.505 e. The minimum absolute atomic E-state index is 0.122. The predicted molar refractivity (Wildman–Crippen MR) is 101 cm³/mol. The molecule has 2 rings (SSSR count). The molecule has 7 heteroatoms. The number of allylic oxidation sites excluding steroid dienone is 3. The lowest BCUT2D eigenvalue weighted by Gasteiger charge is -2.12. The second-order valence-electron chi connectivity index (χ2n) is 5.03. The molecule has 0 fully saturated rings. The van der Waals surface area contributed by atoms with Crippen LogP contribution in [0.2, 0.25) is 0 Å². The number of phenolic OH excluding ortho intramolecular Hbond substituents is 1. The van der Waals surface area contributed by atoms with Gasteiger partial charge in [-0.1, -0.05) is 43.0 Å². The van der Waals surface area contributed by atoms with Gasteiger partial charge in [-0.2, -0.15) is 0 Å². The van der Waals surface area contributed by atoms with Crippen LogP contribution in [0.5, 0.6) is 5.75 Å². The average Bonchev–Trinajstić information content (AvgIpc) is 2.91. The maximum Gasteiger partial charge on any atom is 0.269 e. The number of nitrogens with zero attached hydrogens (tertiary/aromatic N) is 2. The molecule has 0 radical (unpaired) electrons. The Morgan fingerprint density at radius 1 is 1.38 bits per heavy atom. The molecule has 126 valence electrons. The second-order valence-corrected chi connectivity index (χ2v) is 5.86. The van der Waals surface area contributed by atoms with Crippen LogP contribution in [0.15, 0.2) is 63.5 Å². The van der Waals surface area contributed by atoms with E-state index in [0.29, 0.717) is 23.9 Å². The summed E-state index contributed by atoms with van der Waals surface area (Å²) in [6.07, 6.45) is 7.48. The Bertz CT molecular complexity index is 779. The van der Waals surface area contributed by atoms with E-state index in [2.05, 4.69) is 26.0 Å². The highest BCUT2D eigenvalue weighted by atomic mass is 32.2. The Labute approximate surface area is 144 Å². The second kappa shape index (κ2) is 8.26. The number of rotatable bonds is 5. The van der Waals surface area contributed by atoms with Crippen molar-refractivity contribution >= 4 is 28.5 Å². The lowest BCUT2D eigenvalue weighted by atomic mass is 10.2. The summed E-state index contributed by atoms with van der Waals surface area (Å²) >= 11 is -1.68. The van der Waals surface area contributed by atoms with Gasteiger partial charge in [-0.3, -0.25) is 0 Å². The number of phenols is 1. The van der Waals surface area contributed by atoms with Gasteiger partial charge in [0.15, 0.2) is 11.7 Å². The SMILES string of the molecule is C=C/C(=C\C=C/C)CNC1=NS(=O)N=C1Nc1cccc(C)c1O. The van der Waals surface area contributed by atoms with Crippen molar-refractivity contribution in [2.75, 3.05) is 11.9 Å². The minimum atomic E-state index is -1.68. The molecule has 0 saturated heterocycles. The molecule has 1 aromatic carbocycles. The smallest absolute Gasteiger partial charge is 0.269 e. The van der Waals surface area contributed by atoms with Crippen LogP contribution in [0.1, 0.15) is 12.5 Å². The summed E-state index contributed by atoms with van der Waals surface area (Å²) in [6.45, 7) is 7.95. The molecule has 0 aromatic heterocycles. The van der Waals surface area contributed by atoms with Gasteiger partial charge in [0.1, 0.15) is 5.75 Å². The molecule has 3 N–H and O–H groups in total. The van der Waals surface area contributed by atoms with Gasteiger partial charge in [-0.15, -0.1) is 8.80 Å². The number of para-hydroxylation sites is 1. The summed E-state index contributed by atoms with van der Waals surface area (Å²) in [6, 6.07) is 5.32. The molecule has 0 saturated carbocycles. The van der Waals surface area contributed by atoms with Crippen molar-refractivity contribution in [1.29, 1.82) is 0 Å². The number of nitrogens with one attached hydrogen (secondary N) is 2. The maximum absolute atomic E-state index is 11.6. The lowest BCUT2D eigenvalue weighted by molar-refractivity contribution is 0.473. The summed E-state index contributed by atoms with van der Waals surface area (Å²) in [4.78, 5) is 0. The van der Waals surface area contributed by atoms with Crippen molar-refractivity contribution in [3.8, 4) is 5.75 Å². The van der Waals surface area contributed by atoms with E-state index in [1.807, 2.05) is 31.2 Å². The summed E-state index contributed by atoms with van der Waals surface area (Å²) < 4.78 is 19.5. The first kappa shape index (κ1) is 17.7. The molecule has 1 aliphatic heterocycles. The molecule has 24 heavy (non-hydrogen) atoms. The zero-order chi connectivity index (χ0) is 17.5. The maximum atomic E-state index is 11.6. The molecule has 1 aromatic rings. The first-order valence-corrected chi connectivity index (χ1v) is 8.45. The molecule has 0 spiro atoms. The highest BCUT2D eigenvalue weighted by molar-refractivity contribution is 7.83. The Morgan fingerprint density at radius 3 is 2.83 bits per heavy atom. The summed E-state index contributed by atoms with van der Waals surface area (Å²) in [5.74, 6) is 0.822. The molecule has 1 unspecified atom stereocenters. The van der Waals surface area contributed by atoms with Gasteiger partial charge in [0.05, 0.1) is 5.69 Å². The van der Waals surface area contributed by atoms with Crippen molar-refractivity contribution in [3.05, 3.63) is 60.2 Å². The molecule has 0 aliphatic carbocycles. The van der Waals surface area contributed by atoms with Crippen LogP contribution in [-0.2, 0) is 11.2 Å². The number of benzene rings is 1. The number of hydrogen-bond donors (Lipinski definition) is 3. The van der Waals surface area contributed by atoms with Crippen LogP contribution in [0.4, 0.5) is 5.69 Å². The third kappa shape index (κ3) is 4.42. The van der Waals surface area contributed by atoms with Crippen molar-refractivity contribution < 1.29 is 9.32 Å². The number of anilines is 1. The van der Waals surface area contributed by atoms with Crippen LogP contribution >= 0.6 is 0 Å². The predicted octanol–water partition coefficient (Wildman–Crippen LogP) is 2.78. The third-order valence-corrected chi connectivity index (χ3v) is 3.96. The fourth-order valence-corrected chi connectivity index (χ4v) is 2.59. The third-order valence-electron chi connectivity index (χ3n) is 3.28. The Morgan fingerprint density at radius 2 is 2.12 bits per heavy atom. The molecule has 1 heterocycles. The first-order chi connectivity index (χ1) is 11.5. The van der Waals surface area contributed by atoms with Gasteiger partial charge >= 0.3 is 0 Å². The van der Waals surface area contributed by atoms with E-state index in [-0.39, 0.29) is 5.75 Å². The van der Waals surface area contributed by atoms with Crippen molar-refractivity contribution in [1.82, 2.24) is 5.32 Å². The summed E-state index contributed by atoms with van der Waals surface area (Å²) in [5, 5.41) is 16.1.